The topological polar surface area (TPSA) is 64.6 Å². The second-order valence-corrected chi connectivity index (χ2v) is 6.22. The van der Waals surface area contributed by atoms with E-state index >= 15 is 0 Å². The van der Waals surface area contributed by atoms with E-state index in [1.54, 1.807) is 19.0 Å². The quantitative estimate of drug-likeness (QED) is 0.786. The number of carbonyl (C=O) groups is 1. The molecule has 0 heterocycles. The smallest absolute Gasteiger partial charge is 0.393 e. The maximum atomic E-state index is 13.2. The fourth-order valence-electron chi connectivity index (χ4n) is 2.80. The predicted molar refractivity (Wildman–Crippen MR) is 86.1 cm³/mol. The number of amides is 2. The number of nitrogens with zero attached hydrogens (tertiary/aromatic N) is 1. The van der Waals surface area contributed by atoms with Crippen LogP contribution in [0.25, 0.3) is 0 Å². The van der Waals surface area contributed by atoms with E-state index in [2.05, 4.69) is 10.6 Å². The zero-order valence-corrected chi connectivity index (χ0v) is 13.7. The fourth-order valence-corrected chi connectivity index (χ4v) is 2.80. The summed E-state index contributed by atoms with van der Waals surface area (Å²) in [6.45, 7) is 0.240. The second kappa shape index (κ2) is 7.29. The van der Waals surface area contributed by atoms with Crippen molar-refractivity contribution < 1.29 is 23.1 Å². The summed E-state index contributed by atoms with van der Waals surface area (Å²) in [7, 11) is 3.28. The first-order valence-corrected chi connectivity index (χ1v) is 7.80. The summed E-state index contributed by atoms with van der Waals surface area (Å²) in [5, 5.41) is 14.5. The average Bonchev–Trinajstić information content (AvgIpc) is 2.89. The third-order valence-electron chi connectivity index (χ3n) is 4.22. The molecule has 1 aromatic rings. The second-order valence-electron chi connectivity index (χ2n) is 6.22. The van der Waals surface area contributed by atoms with Gasteiger partial charge in [0.2, 0.25) is 0 Å². The van der Waals surface area contributed by atoms with E-state index in [0.717, 1.165) is 18.9 Å². The van der Waals surface area contributed by atoms with E-state index in [-0.39, 0.29) is 18.2 Å². The molecule has 0 aliphatic heterocycles. The van der Waals surface area contributed by atoms with Gasteiger partial charge in [-0.05, 0) is 31.0 Å². The van der Waals surface area contributed by atoms with Crippen molar-refractivity contribution in [2.24, 2.45) is 5.92 Å². The standard InChI is InChI=1S/C16H22F3N3O2/c1-22(2)11-6-7-13(12(8-11)16(17,18)19)21-15(24)20-9-10-4-3-5-14(10)23/h6-8,10,14,23H,3-5,9H2,1-2H3,(H2,20,21,24). The van der Waals surface area contributed by atoms with E-state index in [1.165, 1.54) is 12.1 Å². The Bertz CT molecular complexity index is 590. The van der Waals surface area contributed by atoms with Crippen molar-refractivity contribution in [2.75, 3.05) is 30.9 Å². The molecule has 1 saturated carbocycles. The van der Waals surface area contributed by atoms with E-state index < -0.39 is 23.9 Å². The molecule has 2 atom stereocenters. The van der Waals surface area contributed by atoms with Crippen LogP contribution in [0.15, 0.2) is 18.2 Å². The number of aliphatic hydroxyl groups is 1. The molecule has 0 saturated heterocycles. The molecule has 1 aliphatic rings. The van der Waals surface area contributed by atoms with Crippen LogP contribution < -0.4 is 15.5 Å². The molecule has 0 radical (unpaired) electrons. The predicted octanol–water partition coefficient (Wildman–Crippen LogP) is 3.05. The van der Waals surface area contributed by atoms with Gasteiger partial charge in [0.25, 0.3) is 0 Å². The third kappa shape index (κ3) is 4.53. The zero-order chi connectivity index (χ0) is 17.9. The average molecular weight is 345 g/mol. The van der Waals surface area contributed by atoms with Crippen molar-refractivity contribution in [3.8, 4) is 0 Å². The number of halogens is 3. The maximum Gasteiger partial charge on any atom is 0.418 e. The van der Waals surface area contributed by atoms with E-state index in [0.29, 0.717) is 12.1 Å². The molecule has 5 nitrogen and oxygen atoms in total. The molecule has 0 bridgehead atoms. The molecule has 1 aromatic carbocycles. The number of benzene rings is 1. The highest BCUT2D eigenvalue weighted by atomic mass is 19.4. The molecule has 0 spiro atoms. The monoisotopic (exact) mass is 345 g/mol. The Morgan fingerprint density at radius 2 is 2.04 bits per heavy atom. The van der Waals surface area contributed by atoms with Crippen LogP contribution in [0, 0.1) is 5.92 Å². The lowest BCUT2D eigenvalue weighted by Gasteiger charge is -2.19. The van der Waals surface area contributed by atoms with Gasteiger partial charge < -0.3 is 20.6 Å². The number of rotatable bonds is 4. The molecule has 134 valence electrons. The molecular weight excluding hydrogens is 323 g/mol. The lowest BCUT2D eigenvalue weighted by atomic mass is 10.1. The van der Waals surface area contributed by atoms with Gasteiger partial charge in [-0.15, -0.1) is 0 Å². The van der Waals surface area contributed by atoms with Gasteiger partial charge in [-0.3, -0.25) is 0 Å². The van der Waals surface area contributed by atoms with Crippen LogP contribution in [0.2, 0.25) is 0 Å². The highest BCUT2D eigenvalue weighted by molar-refractivity contribution is 5.90. The van der Waals surface area contributed by atoms with Gasteiger partial charge >= 0.3 is 12.2 Å². The molecule has 0 aromatic heterocycles. The first-order chi connectivity index (χ1) is 11.2. The van der Waals surface area contributed by atoms with Gasteiger partial charge in [0.15, 0.2) is 0 Å². The maximum absolute atomic E-state index is 13.2. The summed E-state index contributed by atoms with van der Waals surface area (Å²) < 4.78 is 39.6. The first-order valence-electron chi connectivity index (χ1n) is 7.80. The summed E-state index contributed by atoms with van der Waals surface area (Å²) >= 11 is 0. The van der Waals surface area contributed by atoms with Gasteiger partial charge in [-0.25, -0.2) is 4.79 Å². The van der Waals surface area contributed by atoms with Crippen LogP contribution in [0.1, 0.15) is 24.8 Å². The largest absolute Gasteiger partial charge is 0.418 e. The van der Waals surface area contributed by atoms with E-state index in [4.69, 9.17) is 0 Å². The van der Waals surface area contributed by atoms with Crippen molar-refractivity contribution in [1.29, 1.82) is 0 Å². The van der Waals surface area contributed by atoms with Crippen molar-refractivity contribution in [2.45, 2.75) is 31.5 Å². The van der Waals surface area contributed by atoms with Gasteiger partial charge in [0, 0.05) is 32.2 Å². The molecular formula is C16H22F3N3O2. The molecule has 2 rings (SSSR count). The third-order valence-corrected chi connectivity index (χ3v) is 4.22. The normalized spacial score (nSPS) is 20.8. The number of carbonyl (C=O) groups excluding carboxylic acids is 1. The summed E-state index contributed by atoms with van der Waals surface area (Å²) in [6.07, 6.45) is -2.66. The van der Waals surface area contributed by atoms with Crippen LogP contribution >= 0.6 is 0 Å². The Labute approximate surface area is 138 Å². The van der Waals surface area contributed by atoms with E-state index in [9.17, 15) is 23.1 Å². The number of hydrogen-bond acceptors (Lipinski definition) is 3. The SMILES string of the molecule is CN(C)c1ccc(NC(=O)NCC2CCCC2O)c(C(F)(F)F)c1. The Hall–Kier alpha value is -1.96. The van der Waals surface area contributed by atoms with Crippen molar-refractivity contribution in [1.82, 2.24) is 5.32 Å². The van der Waals surface area contributed by atoms with Crippen molar-refractivity contribution in [3.05, 3.63) is 23.8 Å². The summed E-state index contributed by atoms with van der Waals surface area (Å²) in [5.74, 6) is -0.0473. The minimum absolute atomic E-state index is 0.0473. The van der Waals surface area contributed by atoms with Crippen LogP contribution in [-0.2, 0) is 6.18 Å². The Balaban J connectivity index is 2.06. The van der Waals surface area contributed by atoms with Gasteiger partial charge in [-0.2, -0.15) is 13.2 Å². The zero-order valence-electron chi connectivity index (χ0n) is 13.7. The minimum atomic E-state index is -4.57. The number of anilines is 2. The number of nitrogens with one attached hydrogen (secondary N) is 2. The van der Waals surface area contributed by atoms with Gasteiger partial charge in [0.05, 0.1) is 17.4 Å². The molecule has 8 heteroatoms. The molecule has 2 amide bonds. The first kappa shape index (κ1) is 18.4. The van der Waals surface area contributed by atoms with Crippen LogP contribution in [0.5, 0.6) is 0 Å². The fraction of sp³-hybridized carbons (Fsp3) is 0.562. The highest BCUT2D eigenvalue weighted by Crippen LogP contribution is 2.37. The summed E-state index contributed by atoms with van der Waals surface area (Å²) in [4.78, 5) is 13.4. The number of hydrogen-bond donors (Lipinski definition) is 3. The highest BCUT2D eigenvalue weighted by Gasteiger charge is 2.34. The molecule has 3 N–H and O–H groups in total. The van der Waals surface area contributed by atoms with Crippen molar-refractivity contribution in [3.63, 3.8) is 0 Å². The number of aliphatic hydroxyl groups excluding tert-OH is 1. The Kier molecular flexibility index (Phi) is 5.58. The lowest BCUT2D eigenvalue weighted by Crippen LogP contribution is -2.35. The van der Waals surface area contributed by atoms with Gasteiger partial charge in [-0.1, -0.05) is 6.42 Å². The van der Waals surface area contributed by atoms with Crippen molar-refractivity contribution >= 4 is 17.4 Å². The van der Waals surface area contributed by atoms with E-state index in [1.807, 2.05) is 0 Å². The van der Waals surface area contributed by atoms with Crippen LogP contribution in [0.4, 0.5) is 29.3 Å². The summed E-state index contributed by atoms with van der Waals surface area (Å²) in [6, 6.07) is 3.03. The Morgan fingerprint density at radius 3 is 2.58 bits per heavy atom. The molecule has 24 heavy (non-hydrogen) atoms. The van der Waals surface area contributed by atoms with Gasteiger partial charge in [0.1, 0.15) is 0 Å². The summed E-state index contributed by atoms with van der Waals surface area (Å²) in [5.41, 5.74) is -0.801. The number of urea groups is 1. The Morgan fingerprint density at radius 1 is 1.33 bits per heavy atom. The molecule has 1 aliphatic carbocycles. The molecule has 1 fully saturated rings. The number of alkyl halides is 3. The minimum Gasteiger partial charge on any atom is -0.393 e. The lowest BCUT2D eigenvalue weighted by molar-refractivity contribution is -0.136. The van der Waals surface area contributed by atoms with Crippen LogP contribution in [-0.4, -0.2) is 37.9 Å². The molecule has 2 unspecified atom stereocenters. The van der Waals surface area contributed by atoms with Crippen LogP contribution in [0.3, 0.4) is 0 Å².